The monoisotopic (exact) mass is 458 g/mol. The van der Waals surface area contributed by atoms with Crippen molar-refractivity contribution in [3.8, 4) is 16.9 Å². The topological polar surface area (TPSA) is 46.5 Å². The molecular formula is C22H22ClF3O3S. The molecule has 0 aromatic heterocycles. The van der Waals surface area contributed by atoms with Crippen LogP contribution >= 0.6 is 23.4 Å². The molecule has 0 amide bonds. The molecule has 0 bridgehead atoms. The quantitative estimate of drug-likeness (QED) is 0.431. The first-order valence-electron chi connectivity index (χ1n) is 9.58. The van der Waals surface area contributed by atoms with E-state index in [-0.39, 0.29) is 10.8 Å². The SMILES string of the molecule is CSc1ccc(-c2cc(C(CC3CCC3)C(=O)O)cc(Cl)c2OCC(F)(F)F)cc1. The summed E-state index contributed by atoms with van der Waals surface area (Å²) in [5.74, 6) is -1.49. The molecule has 1 aliphatic rings. The molecule has 162 valence electrons. The number of rotatable bonds is 8. The summed E-state index contributed by atoms with van der Waals surface area (Å²) in [6.07, 6.45) is 0.965. The minimum atomic E-state index is -4.52. The van der Waals surface area contributed by atoms with Gasteiger partial charge < -0.3 is 9.84 Å². The highest BCUT2D eigenvalue weighted by molar-refractivity contribution is 7.98. The molecule has 1 unspecified atom stereocenters. The average molecular weight is 459 g/mol. The highest BCUT2D eigenvalue weighted by Crippen LogP contribution is 2.43. The van der Waals surface area contributed by atoms with Gasteiger partial charge in [0.05, 0.1) is 10.9 Å². The first kappa shape index (κ1) is 22.8. The van der Waals surface area contributed by atoms with Crippen LogP contribution in [0.15, 0.2) is 41.3 Å². The maximum Gasteiger partial charge on any atom is 0.422 e. The molecule has 0 aliphatic heterocycles. The fraction of sp³-hybridized carbons (Fsp3) is 0.409. The van der Waals surface area contributed by atoms with Gasteiger partial charge in [0, 0.05) is 10.5 Å². The number of aliphatic carboxylic acids is 1. The van der Waals surface area contributed by atoms with E-state index < -0.39 is 24.7 Å². The molecule has 0 heterocycles. The van der Waals surface area contributed by atoms with E-state index in [1.807, 2.05) is 18.4 Å². The van der Waals surface area contributed by atoms with Crippen molar-refractivity contribution in [3.63, 3.8) is 0 Å². The van der Waals surface area contributed by atoms with Gasteiger partial charge >= 0.3 is 12.1 Å². The van der Waals surface area contributed by atoms with Crippen molar-refractivity contribution in [2.45, 2.75) is 42.7 Å². The summed E-state index contributed by atoms with van der Waals surface area (Å²) in [6, 6.07) is 10.2. The highest BCUT2D eigenvalue weighted by atomic mass is 35.5. The van der Waals surface area contributed by atoms with Gasteiger partial charge in [-0.3, -0.25) is 4.79 Å². The summed E-state index contributed by atoms with van der Waals surface area (Å²) >= 11 is 7.85. The molecule has 2 aromatic rings. The first-order chi connectivity index (χ1) is 14.2. The average Bonchev–Trinajstić information content (AvgIpc) is 2.64. The second-order valence-electron chi connectivity index (χ2n) is 7.44. The van der Waals surface area contributed by atoms with Gasteiger partial charge in [0.2, 0.25) is 0 Å². The van der Waals surface area contributed by atoms with E-state index >= 15 is 0 Å². The molecule has 2 aromatic carbocycles. The van der Waals surface area contributed by atoms with Crippen LogP contribution in [-0.2, 0) is 4.79 Å². The van der Waals surface area contributed by atoms with Gasteiger partial charge in [-0.2, -0.15) is 13.2 Å². The molecule has 0 radical (unpaired) electrons. The zero-order valence-corrected chi connectivity index (χ0v) is 17.9. The number of ether oxygens (including phenoxy) is 1. The number of hydrogen-bond donors (Lipinski definition) is 1. The second kappa shape index (κ2) is 9.52. The number of halogens is 4. The van der Waals surface area contributed by atoms with Gasteiger partial charge in [-0.05, 0) is 54.0 Å². The lowest BCUT2D eigenvalue weighted by Crippen LogP contribution is -2.21. The molecule has 1 N–H and O–H groups in total. The smallest absolute Gasteiger partial charge is 0.422 e. The lowest BCUT2D eigenvalue weighted by Gasteiger charge is -2.28. The minimum Gasteiger partial charge on any atom is -0.482 e. The van der Waals surface area contributed by atoms with Crippen molar-refractivity contribution in [3.05, 3.63) is 47.0 Å². The summed E-state index contributed by atoms with van der Waals surface area (Å²) in [5.41, 5.74) is 1.44. The molecule has 1 atom stereocenters. The van der Waals surface area contributed by atoms with E-state index in [9.17, 15) is 23.1 Å². The van der Waals surface area contributed by atoms with Crippen LogP contribution in [0.5, 0.6) is 5.75 Å². The van der Waals surface area contributed by atoms with Crippen LogP contribution in [0.4, 0.5) is 13.2 Å². The van der Waals surface area contributed by atoms with Crippen LogP contribution in [0, 0.1) is 5.92 Å². The van der Waals surface area contributed by atoms with Crippen LogP contribution in [-0.4, -0.2) is 30.1 Å². The van der Waals surface area contributed by atoms with E-state index in [1.165, 1.54) is 17.8 Å². The normalized spacial score (nSPS) is 15.5. The predicted molar refractivity (Wildman–Crippen MR) is 113 cm³/mol. The van der Waals surface area contributed by atoms with Gasteiger partial charge in [0.1, 0.15) is 5.75 Å². The number of alkyl halides is 3. The zero-order valence-electron chi connectivity index (χ0n) is 16.3. The Balaban J connectivity index is 2.04. The maximum atomic E-state index is 12.8. The number of benzene rings is 2. The van der Waals surface area contributed by atoms with Crippen molar-refractivity contribution in [1.29, 1.82) is 0 Å². The standard InChI is InChI=1S/C22H22ClF3O3S/c1-30-16-7-5-14(6-8-16)17-10-15(18(21(27)28)9-13-3-2-4-13)11-19(23)20(17)29-12-22(24,25)26/h5-8,10-11,13,18H,2-4,9,12H2,1H3,(H,27,28). The summed E-state index contributed by atoms with van der Waals surface area (Å²) in [4.78, 5) is 12.9. The predicted octanol–water partition coefficient (Wildman–Crippen LogP) is 7.03. The van der Waals surface area contributed by atoms with E-state index in [2.05, 4.69) is 0 Å². The van der Waals surface area contributed by atoms with Gasteiger partial charge in [0.25, 0.3) is 0 Å². The first-order valence-corrected chi connectivity index (χ1v) is 11.2. The molecule has 1 fully saturated rings. The van der Waals surface area contributed by atoms with E-state index in [0.717, 1.165) is 24.2 Å². The van der Waals surface area contributed by atoms with Crippen molar-refractivity contribution in [1.82, 2.24) is 0 Å². The fourth-order valence-electron chi connectivity index (χ4n) is 3.54. The van der Waals surface area contributed by atoms with Crippen molar-refractivity contribution < 1.29 is 27.8 Å². The van der Waals surface area contributed by atoms with Crippen LogP contribution in [0.2, 0.25) is 5.02 Å². The number of carboxylic acids is 1. The van der Waals surface area contributed by atoms with Gasteiger partial charge in [-0.15, -0.1) is 11.8 Å². The maximum absolute atomic E-state index is 12.8. The molecule has 0 saturated heterocycles. The molecule has 30 heavy (non-hydrogen) atoms. The van der Waals surface area contributed by atoms with E-state index in [1.54, 1.807) is 18.2 Å². The van der Waals surface area contributed by atoms with E-state index in [4.69, 9.17) is 16.3 Å². The van der Waals surface area contributed by atoms with E-state index in [0.29, 0.717) is 29.0 Å². The summed E-state index contributed by atoms with van der Waals surface area (Å²) in [5, 5.41) is 9.74. The zero-order chi connectivity index (χ0) is 21.9. The Labute approximate surface area is 182 Å². The van der Waals surface area contributed by atoms with Crippen LogP contribution in [0.25, 0.3) is 11.1 Å². The van der Waals surface area contributed by atoms with Gasteiger partial charge in [0.15, 0.2) is 6.61 Å². The number of hydrogen-bond acceptors (Lipinski definition) is 3. The Morgan fingerprint density at radius 3 is 2.43 bits per heavy atom. The lowest BCUT2D eigenvalue weighted by molar-refractivity contribution is -0.153. The molecule has 3 rings (SSSR count). The number of carboxylic acid groups (broad SMARTS) is 1. The molecule has 3 nitrogen and oxygen atoms in total. The van der Waals surface area contributed by atoms with Gasteiger partial charge in [-0.1, -0.05) is 43.0 Å². The van der Waals surface area contributed by atoms with Crippen molar-refractivity contribution in [2.24, 2.45) is 5.92 Å². The second-order valence-corrected chi connectivity index (χ2v) is 8.72. The van der Waals surface area contributed by atoms with Crippen LogP contribution in [0.3, 0.4) is 0 Å². The Bertz CT molecular complexity index is 896. The molecule has 1 saturated carbocycles. The summed E-state index contributed by atoms with van der Waals surface area (Å²) in [6.45, 7) is -1.48. The molecule has 8 heteroatoms. The Morgan fingerprint density at radius 1 is 1.27 bits per heavy atom. The Kier molecular flexibility index (Phi) is 7.24. The van der Waals surface area contributed by atoms with Crippen molar-refractivity contribution in [2.75, 3.05) is 12.9 Å². The number of carbonyl (C=O) groups is 1. The third kappa shape index (κ3) is 5.64. The fourth-order valence-corrected chi connectivity index (χ4v) is 4.23. The molecule has 1 aliphatic carbocycles. The third-order valence-electron chi connectivity index (χ3n) is 5.34. The summed E-state index contributed by atoms with van der Waals surface area (Å²) < 4.78 is 43.3. The molecule has 0 spiro atoms. The Hall–Kier alpha value is -1.86. The lowest BCUT2D eigenvalue weighted by atomic mass is 9.77. The Morgan fingerprint density at radius 2 is 1.93 bits per heavy atom. The van der Waals surface area contributed by atoms with Crippen molar-refractivity contribution >= 4 is 29.3 Å². The third-order valence-corrected chi connectivity index (χ3v) is 6.37. The van der Waals surface area contributed by atoms with Gasteiger partial charge in [-0.25, -0.2) is 0 Å². The van der Waals surface area contributed by atoms with Crippen LogP contribution in [0.1, 0.15) is 37.2 Å². The van der Waals surface area contributed by atoms with Crippen LogP contribution < -0.4 is 4.74 Å². The highest BCUT2D eigenvalue weighted by Gasteiger charge is 2.31. The minimum absolute atomic E-state index is 0.0273. The molecular weight excluding hydrogens is 437 g/mol. The summed E-state index contributed by atoms with van der Waals surface area (Å²) in [7, 11) is 0. The number of thioether (sulfide) groups is 1. The largest absolute Gasteiger partial charge is 0.482 e.